The highest BCUT2D eigenvalue weighted by Crippen LogP contribution is 2.36. The predicted molar refractivity (Wildman–Crippen MR) is 138 cm³/mol. The Kier molecular flexibility index (Phi) is 5.61. The van der Waals surface area contributed by atoms with Crippen molar-refractivity contribution in [3.8, 4) is 0 Å². The number of ether oxygens (including phenoxy) is 1. The minimum Gasteiger partial charge on any atom is -0.505 e. The number of aryl methyl sites for hydroxylation is 1. The number of nitrogens with zero attached hydrogens (tertiary/aromatic N) is 2. The minimum atomic E-state index is -1.71. The Hall–Kier alpha value is -1.91. The first-order valence-corrected chi connectivity index (χ1v) is 16.4. The largest absolute Gasteiger partial charge is 0.505 e. The van der Waals surface area contributed by atoms with Gasteiger partial charge in [0.2, 0.25) is 0 Å². The third kappa shape index (κ3) is 3.61. The van der Waals surface area contributed by atoms with Gasteiger partial charge in [-0.2, -0.15) is 0 Å². The van der Waals surface area contributed by atoms with Crippen LogP contribution in [0, 0.1) is 0 Å². The smallest absolute Gasteiger partial charge is 0.342 e. The maximum absolute atomic E-state index is 12.3. The molecule has 3 heterocycles. The molecular formula is C25H29IN2O4Si. The normalized spacial score (nSPS) is 21.6. The number of esters is 1. The maximum Gasteiger partial charge on any atom is 0.342 e. The zero-order valence-electron chi connectivity index (χ0n) is 19.2. The van der Waals surface area contributed by atoms with Gasteiger partial charge in [-0.05, 0) is 45.2 Å². The summed E-state index contributed by atoms with van der Waals surface area (Å²) in [7, 11) is -1.20. The van der Waals surface area contributed by atoms with Crippen LogP contribution in [0.4, 0.5) is 0 Å². The number of aliphatic hydroxyl groups is 2. The molecule has 174 valence electrons. The fraction of sp³-hybridized carbons (Fsp3) is 0.440. The summed E-state index contributed by atoms with van der Waals surface area (Å²) in [6, 6.07) is 7.72. The summed E-state index contributed by atoms with van der Waals surface area (Å²) in [5, 5.41) is 23.0. The summed E-state index contributed by atoms with van der Waals surface area (Å²) >= 11 is 2.52. The first-order chi connectivity index (χ1) is 15.7. The maximum atomic E-state index is 12.3. The van der Waals surface area contributed by atoms with Crippen LogP contribution >= 0.6 is 22.6 Å². The third-order valence-corrected chi connectivity index (χ3v) is 15.8. The van der Waals surface area contributed by atoms with Crippen molar-refractivity contribution < 1.29 is 19.7 Å². The molecule has 0 saturated carbocycles. The molecule has 0 amide bonds. The van der Waals surface area contributed by atoms with E-state index in [4.69, 9.17) is 9.72 Å². The Morgan fingerprint density at radius 1 is 1.33 bits per heavy atom. The summed E-state index contributed by atoms with van der Waals surface area (Å²) in [5.41, 5.74) is 4.65. The first-order valence-electron chi connectivity index (χ1n) is 11.5. The van der Waals surface area contributed by atoms with Gasteiger partial charge in [0.1, 0.15) is 23.2 Å². The number of benzene rings is 1. The summed E-state index contributed by atoms with van der Waals surface area (Å²) in [4.78, 5) is 17.1. The van der Waals surface area contributed by atoms with E-state index in [2.05, 4.69) is 64.5 Å². The number of carbonyl (C=O) groups is 1. The van der Waals surface area contributed by atoms with Crippen molar-refractivity contribution in [1.29, 1.82) is 0 Å². The molecule has 33 heavy (non-hydrogen) atoms. The molecule has 0 radical (unpaired) electrons. The molecule has 2 N–H and O–H groups in total. The van der Waals surface area contributed by atoms with E-state index in [0.717, 1.165) is 11.9 Å². The van der Waals surface area contributed by atoms with Crippen LogP contribution in [0.15, 0.2) is 29.3 Å². The average Bonchev–Trinajstić information content (AvgIpc) is 3.16. The van der Waals surface area contributed by atoms with Crippen molar-refractivity contribution in [2.24, 2.45) is 0 Å². The van der Waals surface area contributed by atoms with Crippen molar-refractivity contribution >= 4 is 48.5 Å². The van der Waals surface area contributed by atoms with Gasteiger partial charge in [-0.3, -0.25) is 0 Å². The Labute approximate surface area is 207 Å². The monoisotopic (exact) mass is 576 g/mol. The molecule has 3 aliphatic rings. The van der Waals surface area contributed by atoms with Gasteiger partial charge in [0.25, 0.3) is 0 Å². The fourth-order valence-electron chi connectivity index (χ4n) is 5.08. The Morgan fingerprint density at radius 2 is 2.12 bits per heavy atom. The second-order valence-corrected chi connectivity index (χ2v) is 17.4. The van der Waals surface area contributed by atoms with Crippen LogP contribution in [-0.4, -0.2) is 50.1 Å². The lowest BCUT2D eigenvalue weighted by atomic mass is 9.80. The zero-order chi connectivity index (χ0) is 23.5. The van der Waals surface area contributed by atoms with Crippen LogP contribution < -0.4 is 10.8 Å². The van der Waals surface area contributed by atoms with Gasteiger partial charge in [0.05, 0.1) is 20.3 Å². The van der Waals surface area contributed by atoms with E-state index < -0.39 is 19.6 Å². The average molecular weight is 577 g/mol. The highest BCUT2D eigenvalue weighted by Gasteiger charge is 2.47. The Bertz CT molecular complexity index is 1330. The number of carbonyl (C=O) groups excluding carboxylic acids is 1. The molecule has 5 rings (SSSR count). The molecule has 0 spiro atoms. The van der Waals surface area contributed by atoms with Gasteiger partial charge in [-0.25, -0.2) is 9.78 Å². The quantitative estimate of drug-likeness (QED) is 0.211. The van der Waals surface area contributed by atoms with E-state index in [1.54, 1.807) is 6.92 Å². The number of alkyl halides is 1. The van der Waals surface area contributed by atoms with Crippen LogP contribution in [0.3, 0.4) is 0 Å². The Balaban J connectivity index is 1.60. The summed E-state index contributed by atoms with van der Waals surface area (Å²) in [6.45, 7) is 7.26. The number of cyclic esters (lactones) is 1. The fourth-order valence-corrected chi connectivity index (χ4v) is 7.31. The first kappa shape index (κ1) is 22.9. The van der Waals surface area contributed by atoms with E-state index in [9.17, 15) is 15.0 Å². The third-order valence-electron chi connectivity index (χ3n) is 7.33. The summed E-state index contributed by atoms with van der Waals surface area (Å²) in [6.07, 6.45) is 3.68. The van der Waals surface area contributed by atoms with Crippen LogP contribution in [0.25, 0.3) is 11.8 Å². The van der Waals surface area contributed by atoms with Gasteiger partial charge >= 0.3 is 5.97 Å². The van der Waals surface area contributed by atoms with Crippen molar-refractivity contribution in [2.75, 3.05) is 10.7 Å². The molecule has 2 aromatic rings. The predicted octanol–water partition coefficient (Wildman–Crippen LogP) is 2.52. The topological polar surface area (TPSA) is 84.6 Å². The number of fused-ring (bicyclic) bond motifs is 4. The van der Waals surface area contributed by atoms with Crippen molar-refractivity contribution in [1.82, 2.24) is 9.55 Å². The number of halogens is 1. The van der Waals surface area contributed by atoms with Crippen LogP contribution in [-0.2, 0) is 28.9 Å². The number of aliphatic hydroxyl groups excluding tert-OH is 1. The second-order valence-electron chi connectivity index (χ2n) is 10.1. The van der Waals surface area contributed by atoms with Crippen LogP contribution in [0.5, 0.6) is 0 Å². The van der Waals surface area contributed by atoms with Crippen LogP contribution in [0.1, 0.15) is 35.7 Å². The zero-order valence-corrected chi connectivity index (χ0v) is 22.4. The van der Waals surface area contributed by atoms with E-state index >= 15 is 0 Å². The summed E-state index contributed by atoms with van der Waals surface area (Å²) < 4.78 is 8.57. The van der Waals surface area contributed by atoms with Crippen molar-refractivity contribution in [2.45, 2.75) is 57.5 Å². The second kappa shape index (κ2) is 8.09. The lowest BCUT2D eigenvalue weighted by molar-refractivity contribution is -0.163. The molecule has 8 heteroatoms. The molecule has 1 aliphatic carbocycles. The molecule has 1 atom stereocenters. The highest BCUT2D eigenvalue weighted by molar-refractivity contribution is 14.1. The van der Waals surface area contributed by atoms with Crippen molar-refractivity contribution in [3.05, 3.63) is 62.6 Å². The van der Waals surface area contributed by atoms with Gasteiger partial charge in [0.15, 0.2) is 5.60 Å². The van der Waals surface area contributed by atoms with E-state index in [1.165, 1.54) is 26.8 Å². The van der Waals surface area contributed by atoms with E-state index in [0.29, 0.717) is 35.2 Å². The lowest BCUT2D eigenvalue weighted by Gasteiger charge is -2.35. The standard InChI is InChI=1S/C25H29IN2O4Si/c1-4-25(31)19-11-20-22(23(29)18(19)13-32-24(25)30)28-12-17-15(8-9-33(2,3)14-26)6-5-7-16(17)10-21(28)27-20/h5-7,10,29,31H,4,8-9,11-14H2,1-3H3/t25-/m0/s1. The van der Waals surface area contributed by atoms with E-state index in [1.807, 2.05) is 0 Å². The number of rotatable bonds is 5. The molecule has 0 saturated heterocycles. The molecule has 0 bridgehead atoms. The highest BCUT2D eigenvalue weighted by atomic mass is 127. The van der Waals surface area contributed by atoms with Gasteiger partial charge < -0.3 is 19.5 Å². The minimum absolute atomic E-state index is 0.0240. The molecule has 1 aromatic carbocycles. The molecule has 0 fully saturated rings. The number of imidazole rings is 1. The van der Waals surface area contributed by atoms with Crippen molar-refractivity contribution in [3.63, 3.8) is 0 Å². The van der Waals surface area contributed by atoms with Gasteiger partial charge in [-0.15, -0.1) is 0 Å². The number of hydrogen-bond acceptors (Lipinski definition) is 5. The SMILES string of the molecule is CC[C@@]1(O)C(=O)OCC2=C1Cc1nc3n(c1=C2O)Cc1c(cccc1CC[Si](C)(C)CI)C=3. The Morgan fingerprint density at radius 3 is 2.85 bits per heavy atom. The molecular weight excluding hydrogens is 547 g/mol. The van der Waals surface area contributed by atoms with Gasteiger partial charge in [0, 0.05) is 12.0 Å². The number of aromatic nitrogens is 2. The van der Waals surface area contributed by atoms with E-state index in [-0.39, 0.29) is 18.8 Å². The molecule has 1 aromatic heterocycles. The molecule has 2 aliphatic heterocycles. The van der Waals surface area contributed by atoms with Gasteiger partial charge in [-0.1, -0.05) is 66.9 Å². The molecule has 6 nitrogen and oxygen atoms in total. The lowest BCUT2D eigenvalue weighted by Crippen LogP contribution is -2.49. The van der Waals surface area contributed by atoms with Crippen LogP contribution in [0.2, 0.25) is 19.1 Å². The molecule has 0 unspecified atom stereocenters. The summed E-state index contributed by atoms with van der Waals surface area (Å²) in [5.74, 6) is -0.581. The number of hydrogen-bond donors (Lipinski definition) is 2.